The van der Waals surface area contributed by atoms with Crippen molar-refractivity contribution in [2.45, 2.75) is 26.4 Å². The minimum atomic E-state index is 0.109. The average Bonchev–Trinajstić information content (AvgIpc) is 2.40. The van der Waals surface area contributed by atoms with Crippen molar-refractivity contribution in [1.29, 1.82) is 0 Å². The Bertz CT molecular complexity index is 417. The van der Waals surface area contributed by atoms with Gasteiger partial charge in [-0.3, -0.25) is 4.99 Å². The number of guanidine groups is 1. The summed E-state index contributed by atoms with van der Waals surface area (Å²) in [6.07, 6.45) is 1.22. The van der Waals surface area contributed by atoms with Crippen LogP contribution in [0.5, 0.6) is 5.75 Å². The van der Waals surface area contributed by atoms with Crippen LogP contribution in [0.3, 0.4) is 0 Å². The van der Waals surface area contributed by atoms with Crippen molar-refractivity contribution in [3.8, 4) is 5.75 Å². The van der Waals surface area contributed by atoms with Gasteiger partial charge in [0.25, 0.3) is 0 Å². The Kier molecular flexibility index (Phi) is 4.45. The first-order chi connectivity index (χ1) is 8.75. The number of hydrogen-bond donors (Lipinski definition) is 2. The van der Waals surface area contributed by atoms with E-state index in [-0.39, 0.29) is 6.10 Å². The second-order valence-corrected chi connectivity index (χ2v) is 4.59. The summed E-state index contributed by atoms with van der Waals surface area (Å²) in [6, 6.07) is 8.07. The van der Waals surface area contributed by atoms with E-state index in [9.17, 15) is 0 Å². The van der Waals surface area contributed by atoms with Gasteiger partial charge in [0.05, 0.1) is 6.54 Å². The molecule has 4 nitrogen and oxygen atoms in total. The molecule has 0 fully saturated rings. The number of ether oxygens (including phenoxy) is 1. The molecular formula is C14H21N3O. The molecule has 18 heavy (non-hydrogen) atoms. The van der Waals surface area contributed by atoms with Gasteiger partial charge in [0.1, 0.15) is 11.9 Å². The smallest absolute Gasteiger partial charge is 0.191 e. The number of para-hydroxylation sites is 1. The van der Waals surface area contributed by atoms with Crippen LogP contribution >= 0.6 is 0 Å². The largest absolute Gasteiger partial charge is 0.489 e. The summed E-state index contributed by atoms with van der Waals surface area (Å²) in [4.78, 5) is 4.36. The van der Waals surface area contributed by atoms with Crippen molar-refractivity contribution >= 4 is 5.96 Å². The summed E-state index contributed by atoms with van der Waals surface area (Å²) in [6.45, 7) is 6.77. The highest BCUT2D eigenvalue weighted by Crippen LogP contribution is 2.17. The van der Waals surface area contributed by atoms with E-state index in [0.29, 0.717) is 0 Å². The van der Waals surface area contributed by atoms with Crippen LogP contribution in [0.15, 0.2) is 29.3 Å². The van der Waals surface area contributed by atoms with Gasteiger partial charge in [-0.1, -0.05) is 18.2 Å². The molecule has 98 valence electrons. The molecule has 0 aliphatic carbocycles. The van der Waals surface area contributed by atoms with Crippen LogP contribution < -0.4 is 15.4 Å². The Balaban J connectivity index is 1.80. The minimum absolute atomic E-state index is 0.109. The van der Waals surface area contributed by atoms with Crippen LogP contribution in [-0.2, 0) is 0 Å². The van der Waals surface area contributed by atoms with Crippen molar-refractivity contribution in [2.24, 2.45) is 4.99 Å². The molecule has 2 N–H and O–H groups in total. The Hall–Kier alpha value is -1.71. The quantitative estimate of drug-likeness (QED) is 0.851. The first-order valence-corrected chi connectivity index (χ1v) is 6.50. The highest BCUT2D eigenvalue weighted by atomic mass is 16.5. The van der Waals surface area contributed by atoms with Crippen LogP contribution in [0.2, 0.25) is 0 Å². The molecule has 0 saturated heterocycles. The predicted octanol–water partition coefficient (Wildman–Crippen LogP) is 1.70. The van der Waals surface area contributed by atoms with Gasteiger partial charge in [0.2, 0.25) is 0 Å². The molecule has 1 aliphatic heterocycles. The van der Waals surface area contributed by atoms with E-state index in [4.69, 9.17) is 4.74 Å². The topological polar surface area (TPSA) is 45.6 Å². The minimum Gasteiger partial charge on any atom is -0.489 e. The number of nitrogens with one attached hydrogen (secondary N) is 2. The van der Waals surface area contributed by atoms with Crippen LogP contribution in [0.1, 0.15) is 18.9 Å². The number of aliphatic imine (C=N–C) groups is 1. The van der Waals surface area contributed by atoms with E-state index in [1.54, 1.807) is 0 Å². The van der Waals surface area contributed by atoms with Gasteiger partial charge in [-0.05, 0) is 31.9 Å². The normalized spacial score (nSPS) is 16.4. The van der Waals surface area contributed by atoms with Gasteiger partial charge in [0.15, 0.2) is 5.96 Å². The molecule has 1 heterocycles. The zero-order chi connectivity index (χ0) is 12.8. The lowest BCUT2D eigenvalue weighted by molar-refractivity contribution is 0.222. The summed E-state index contributed by atoms with van der Waals surface area (Å²) >= 11 is 0. The molecule has 2 rings (SSSR count). The molecule has 0 aromatic heterocycles. The van der Waals surface area contributed by atoms with Crippen LogP contribution in [0.4, 0.5) is 0 Å². The number of rotatable bonds is 4. The number of aryl methyl sites for hydroxylation is 1. The van der Waals surface area contributed by atoms with Gasteiger partial charge in [-0.25, -0.2) is 0 Å². The first-order valence-electron chi connectivity index (χ1n) is 6.50. The molecular weight excluding hydrogens is 226 g/mol. The maximum Gasteiger partial charge on any atom is 0.191 e. The van der Waals surface area contributed by atoms with Crippen molar-refractivity contribution in [3.05, 3.63) is 29.8 Å². The van der Waals surface area contributed by atoms with E-state index in [1.807, 2.05) is 18.2 Å². The van der Waals surface area contributed by atoms with E-state index < -0.39 is 0 Å². The maximum atomic E-state index is 5.89. The molecule has 1 atom stereocenters. The third kappa shape index (κ3) is 3.65. The molecule has 1 unspecified atom stereocenters. The summed E-state index contributed by atoms with van der Waals surface area (Å²) in [5.74, 6) is 1.84. The third-order valence-corrected chi connectivity index (χ3v) is 2.88. The van der Waals surface area contributed by atoms with E-state index in [1.165, 1.54) is 0 Å². The van der Waals surface area contributed by atoms with Gasteiger partial charge in [0, 0.05) is 13.1 Å². The molecule has 1 aliphatic rings. The van der Waals surface area contributed by atoms with Crippen molar-refractivity contribution < 1.29 is 4.74 Å². The van der Waals surface area contributed by atoms with Gasteiger partial charge in [-0.15, -0.1) is 0 Å². The van der Waals surface area contributed by atoms with Crippen LogP contribution in [0.25, 0.3) is 0 Å². The van der Waals surface area contributed by atoms with Gasteiger partial charge < -0.3 is 15.4 Å². The van der Waals surface area contributed by atoms with Crippen LogP contribution in [0, 0.1) is 6.92 Å². The molecule has 0 saturated carbocycles. The lowest BCUT2D eigenvalue weighted by Crippen LogP contribution is -2.44. The molecule has 0 bridgehead atoms. The van der Waals surface area contributed by atoms with E-state index >= 15 is 0 Å². The zero-order valence-corrected chi connectivity index (χ0v) is 11.1. The van der Waals surface area contributed by atoms with Crippen molar-refractivity contribution in [2.75, 3.05) is 19.6 Å². The molecule has 1 aromatic rings. The Morgan fingerprint density at radius 2 is 2.28 bits per heavy atom. The summed E-state index contributed by atoms with van der Waals surface area (Å²) in [5, 5.41) is 6.51. The summed E-state index contributed by atoms with van der Waals surface area (Å²) in [5.41, 5.74) is 1.16. The van der Waals surface area contributed by atoms with Crippen LogP contribution in [-0.4, -0.2) is 31.7 Å². The zero-order valence-electron chi connectivity index (χ0n) is 11.1. The fourth-order valence-corrected chi connectivity index (χ4v) is 1.84. The Labute approximate surface area is 108 Å². The van der Waals surface area contributed by atoms with Gasteiger partial charge >= 0.3 is 0 Å². The second kappa shape index (κ2) is 6.28. The summed E-state index contributed by atoms with van der Waals surface area (Å²) < 4.78 is 5.89. The average molecular weight is 247 g/mol. The molecule has 0 spiro atoms. The SMILES string of the molecule is Cc1ccccc1OC(C)CNC1=NCCCN1. The number of benzene rings is 1. The Morgan fingerprint density at radius 1 is 1.44 bits per heavy atom. The van der Waals surface area contributed by atoms with Gasteiger partial charge in [-0.2, -0.15) is 0 Å². The number of nitrogens with zero attached hydrogens (tertiary/aromatic N) is 1. The highest BCUT2D eigenvalue weighted by molar-refractivity contribution is 5.80. The van der Waals surface area contributed by atoms with Crippen molar-refractivity contribution in [1.82, 2.24) is 10.6 Å². The van der Waals surface area contributed by atoms with E-state index in [2.05, 4.69) is 35.5 Å². The molecule has 1 aromatic carbocycles. The van der Waals surface area contributed by atoms with Crippen molar-refractivity contribution in [3.63, 3.8) is 0 Å². The standard InChI is InChI=1S/C14H21N3O/c1-11-6-3-4-7-13(11)18-12(2)10-17-14-15-8-5-9-16-14/h3-4,6-7,12H,5,8-10H2,1-2H3,(H2,15,16,17). The lowest BCUT2D eigenvalue weighted by atomic mass is 10.2. The molecule has 0 radical (unpaired) electrons. The number of hydrogen-bond acceptors (Lipinski definition) is 4. The third-order valence-electron chi connectivity index (χ3n) is 2.88. The molecule has 0 amide bonds. The highest BCUT2D eigenvalue weighted by Gasteiger charge is 2.08. The second-order valence-electron chi connectivity index (χ2n) is 4.59. The fourth-order valence-electron chi connectivity index (χ4n) is 1.84. The first kappa shape index (κ1) is 12.7. The molecule has 4 heteroatoms. The predicted molar refractivity (Wildman–Crippen MR) is 74.2 cm³/mol. The summed E-state index contributed by atoms with van der Waals surface area (Å²) in [7, 11) is 0. The van der Waals surface area contributed by atoms with E-state index in [0.717, 1.165) is 43.3 Å². The maximum absolute atomic E-state index is 5.89. The fraction of sp³-hybridized carbons (Fsp3) is 0.500. The lowest BCUT2D eigenvalue weighted by Gasteiger charge is -2.20. The Morgan fingerprint density at radius 3 is 3.00 bits per heavy atom. The monoisotopic (exact) mass is 247 g/mol.